The summed E-state index contributed by atoms with van der Waals surface area (Å²) in [6.45, 7) is 7.76. The van der Waals surface area contributed by atoms with Crippen molar-refractivity contribution < 1.29 is 4.79 Å². The third-order valence-electron chi connectivity index (χ3n) is 4.96. The summed E-state index contributed by atoms with van der Waals surface area (Å²) in [5, 5.41) is 0. The molecule has 0 spiro atoms. The van der Waals surface area contributed by atoms with E-state index in [9.17, 15) is 4.79 Å². The fourth-order valence-corrected chi connectivity index (χ4v) is 3.74. The zero-order valence-electron chi connectivity index (χ0n) is 12.5. The Balaban J connectivity index is 1.87. The molecule has 110 valence electrons. The topological polar surface area (TPSA) is 49.6 Å². The summed E-state index contributed by atoms with van der Waals surface area (Å²) in [6.07, 6.45) is 7.26. The van der Waals surface area contributed by atoms with Crippen LogP contribution in [0.3, 0.4) is 0 Å². The van der Waals surface area contributed by atoms with Gasteiger partial charge in [0, 0.05) is 25.2 Å². The third-order valence-corrected chi connectivity index (χ3v) is 4.96. The van der Waals surface area contributed by atoms with E-state index in [4.69, 9.17) is 5.73 Å². The summed E-state index contributed by atoms with van der Waals surface area (Å²) in [5.74, 6) is -0.139. The molecule has 2 aliphatic heterocycles. The number of hydrogen-bond donors (Lipinski definition) is 1. The summed E-state index contributed by atoms with van der Waals surface area (Å²) >= 11 is 0. The Bertz CT molecular complexity index is 298. The maximum Gasteiger partial charge on any atom is 0.234 e. The first-order valence-electron chi connectivity index (χ1n) is 7.88. The van der Waals surface area contributed by atoms with Crippen molar-refractivity contribution in [3.05, 3.63) is 0 Å². The lowest BCUT2D eigenvalue weighted by atomic mass is 9.97. The van der Waals surface area contributed by atoms with E-state index in [-0.39, 0.29) is 11.9 Å². The van der Waals surface area contributed by atoms with Gasteiger partial charge in [0.2, 0.25) is 5.91 Å². The molecule has 2 aliphatic rings. The van der Waals surface area contributed by atoms with E-state index < -0.39 is 0 Å². The molecular formula is C15H29N3O. The summed E-state index contributed by atoms with van der Waals surface area (Å²) in [6, 6.07) is 1.34. The van der Waals surface area contributed by atoms with Crippen LogP contribution in [0.4, 0.5) is 0 Å². The van der Waals surface area contributed by atoms with Gasteiger partial charge in [0.25, 0.3) is 0 Å². The molecule has 0 aliphatic carbocycles. The van der Waals surface area contributed by atoms with E-state index in [0.717, 1.165) is 32.5 Å². The number of carbonyl (C=O) groups excluding carboxylic acids is 1. The molecule has 4 nitrogen and oxygen atoms in total. The second kappa shape index (κ2) is 6.71. The van der Waals surface area contributed by atoms with Crippen LogP contribution in [0.1, 0.15) is 52.4 Å². The van der Waals surface area contributed by atoms with Crippen LogP contribution >= 0.6 is 0 Å². The highest BCUT2D eigenvalue weighted by atomic mass is 16.1. The van der Waals surface area contributed by atoms with Gasteiger partial charge in [0.05, 0.1) is 6.04 Å². The first-order valence-corrected chi connectivity index (χ1v) is 7.88. The highest BCUT2D eigenvalue weighted by Crippen LogP contribution is 2.23. The molecule has 2 fully saturated rings. The molecule has 19 heavy (non-hydrogen) atoms. The van der Waals surface area contributed by atoms with Crippen molar-refractivity contribution in [3.63, 3.8) is 0 Å². The fourth-order valence-electron chi connectivity index (χ4n) is 3.74. The largest absolute Gasteiger partial charge is 0.368 e. The Morgan fingerprint density at radius 1 is 1.05 bits per heavy atom. The average Bonchev–Trinajstić information content (AvgIpc) is 2.38. The van der Waals surface area contributed by atoms with Crippen molar-refractivity contribution in [2.75, 3.05) is 19.6 Å². The van der Waals surface area contributed by atoms with Crippen LogP contribution in [0.25, 0.3) is 0 Å². The molecule has 2 heterocycles. The molecule has 0 saturated carbocycles. The Morgan fingerprint density at radius 2 is 1.74 bits per heavy atom. The maximum atomic E-state index is 11.5. The second-order valence-electron chi connectivity index (χ2n) is 6.32. The van der Waals surface area contributed by atoms with Gasteiger partial charge in [-0.25, -0.2) is 0 Å². The number of piperidine rings is 2. The van der Waals surface area contributed by atoms with Crippen molar-refractivity contribution in [2.24, 2.45) is 5.73 Å². The van der Waals surface area contributed by atoms with Crippen molar-refractivity contribution in [1.82, 2.24) is 9.80 Å². The number of hydrogen-bond acceptors (Lipinski definition) is 3. The number of amides is 1. The van der Waals surface area contributed by atoms with E-state index in [2.05, 4.69) is 23.6 Å². The summed E-state index contributed by atoms with van der Waals surface area (Å²) in [7, 11) is 0. The van der Waals surface area contributed by atoms with Crippen LogP contribution in [-0.4, -0.2) is 53.5 Å². The second-order valence-corrected chi connectivity index (χ2v) is 6.32. The van der Waals surface area contributed by atoms with Gasteiger partial charge in [-0.2, -0.15) is 0 Å². The van der Waals surface area contributed by atoms with Crippen molar-refractivity contribution >= 4 is 5.91 Å². The normalized spacial score (nSPS) is 34.3. The van der Waals surface area contributed by atoms with Crippen LogP contribution in [-0.2, 0) is 4.79 Å². The summed E-state index contributed by atoms with van der Waals surface area (Å²) < 4.78 is 0. The molecule has 2 saturated heterocycles. The third kappa shape index (κ3) is 3.69. The molecule has 0 bridgehead atoms. The Kier molecular flexibility index (Phi) is 5.22. The Labute approximate surface area is 117 Å². The van der Waals surface area contributed by atoms with Gasteiger partial charge in [-0.15, -0.1) is 0 Å². The molecule has 2 rings (SSSR count). The van der Waals surface area contributed by atoms with Crippen molar-refractivity contribution in [3.8, 4) is 0 Å². The monoisotopic (exact) mass is 267 g/mol. The van der Waals surface area contributed by atoms with Gasteiger partial charge in [0.1, 0.15) is 0 Å². The Morgan fingerprint density at radius 3 is 2.37 bits per heavy atom. The molecule has 2 N–H and O–H groups in total. The standard InChI is InChI=1S/C15H29N3O/c1-12-6-5-7-13(2)18(12)11-10-17-9-4-3-8-14(17)15(16)19/h12-14H,3-11H2,1-2H3,(H2,16,19)/t12-,13+,14?. The molecule has 0 aromatic rings. The van der Waals surface area contributed by atoms with Crippen LogP contribution < -0.4 is 5.73 Å². The number of primary amides is 1. The molecular weight excluding hydrogens is 238 g/mol. The van der Waals surface area contributed by atoms with Crippen LogP contribution in [0.5, 0.6) is 0 Å². The van der Waals surface area contributed by atoms with Crippen molar-refractivity contribution in [1.29, 1.82) is 0 Å². The summed E-state index contributed by atoms with van der Waals surface area (Å²) in [5.41, 5.74) is 5.53. The zero-order chi connectivity index (χ0) is 13.8. The molecule has 1 unspecified atom stereocenters. The first-order chi connectivity index (χ1) is 9.09. The van der Waals surface area contributed by atoms with Gasteiger partial charge in [0.15, 0.2) is 0 Å². The lowest BCUT2D eigenvalue weighted by Crippen LogP contribution is -2.52. The number of rotatable bonds is 4. The van der Waals surface area contributed by atoms with E-state index in [1.807, 2.05) is 0 Å². The van der Waals surface area contributed by atoms with Crippen LogP contribution in [0.15, 0.2) is 0 Å². The number of likely N-dealkylation sites (tertiary alicyclic amines) is 2. The minimum absolute atomic E-state index is 0.0239. The quantitative estimate of drug-likeness (QED) is 0.841. The van der Waals surface area contributed by atoms with E-state index >= 15 is 0 Å². The lowest BCUT2D eigenvalue weighted by Gasteiger charge is -2.41. The van der Waals surface area contributed by atoms with E-state index in [0.29, 0.717) is 12.1 Å². The predicted octanol–water partition coefficient (Wildman–Crippen LogP) is 1.59. The average molecular weight is 267 g/mol. The van der Waals surface area contributed by atoms with Crippen LogP contribution in [0.2, 0.25) is 0 Å². The van der Waals surface area contributed by atoms with Gasteiger partial charge in [-0.3, -0.25) is 14.6 Å². The minimum atomic E-state index is -0.139. The van der Waals surface area contributed by atoms with E-state index in [1.165, 1.54) is 25.7 Å². The Hall–Kier alpha value is -0.610. The molecule has 4 heteroatoms. The number of nitrogens with two attached hydrogens (primary N) is 1. The fraction of sp³-hybridized carbons (Fsp3) is 0.933. The minimum Gasteiger partial charge on any atom is -0.368 e. The molecule has 1 amide bonds. The van der Waals surface area contributed by atoms with Gasteiger partial charge in [-0.1, -0.05) is 12.8 Å². The SMILES string of the molecule is C[C@@H]1CCC[C@H](C)N1CCN1CCCCC1C(N)=O. The van der Waals surface area contributed by atoms with Gasteiger partial charge >= 0.3 is 0 Å². The predicted molar refractivity (Wildman–Crippen MR) is 77.9 cm³/mol. The summed E-state index contributed by atoms with van der Waals surface area (Å²) in [4.78, 5) is 16.4. The molecule has 0 aromatic carbocycles. The smallest absolute Gasteiger partial charge is 0.234 e. The number of nitrogens with zero attached hydrogens (tertiary/aromatic N) is 2. The van der Waals surface area contributed by atoms with Crippen molar-refractivity contribution in [2.45, 2.75) is 70.5 Å². The highest BCUT2D eigenvalue weighted by Gasteiger charge is 2.29. The van der Waals surface area contributed by atoms with Crippen LogP contribution in [0, 0.1) is 0 Å². The molecule has 0 radical (unpaired) electrons. The van der Waals surface area contributed by atoms with E-state index in [1.54, 1.807) is 0 Å². The highest BCUT2D eigenvalue weighted by molar-refractivity contribution is 5.79. The van der Waals surface area contributed by atoms with Gasteiger partial charge < -0.3 is 5.73 Å². The molecule has 3 atom stereocenters. The first kappa shape index (κ1) is 14.8. The van der Waals surface area contributed by atoms with Gasteiger partial charge in [-0.05, 0) is 46.1 Å². The number of carbonyl (C=O) groups is 1. The molecule has 0 aromatic heterocycles. The zero-order valence-corrected chi connectivity index (χ0v) is 12.5. The lowest BCUT2D eigenvalue weighted by molar-refractivity contribution is -0.124. The maximum absolute atomic E-state index is 11.5.